The Hall–Kier alpha value is -2.57. The third-order valence-corrected chi connectivity index (χ3v) is 8.05. The van der Waals surface area contributed by atoms with Crippen molar-refractivity contribution in [2.24, 2.45) is 0 Å². The molecule has 10 heteroatoms. The van der Waals surface area contributed by atoms with Crippen LogP contribution >= 0.6 is 34.5 Å². The number of hydrogen-bond acceptors (Lipinski definition) is 6. The van der Waals surface area contributed by atoms with Crippen molar-refractivity contribution >= 4 is 56.2 Å². The summed E-state index contributed by atoms with van der Waals surface area (Å²) in [6, 6.07) is 12.9. The lowest BCUT2D eigenvalue weighted by Crippen LogP contribution is -2.17. The quantitative estimate of drug-likeness (QED) is 0.409. The molecule has 3 aromatic rings. The maximum absolute atomic E-state index is 13.5. The van der Waals surface area contributed by atoms with Crippen LogP contribution in [0.2, 0.25) is 9.36 Å². The largest absolute Gasteiger partial charge is 0.465 e. The van der Waals surface area contributed by atoms with Crippen LogP contribution in [0.15, 0.2) is 47.4 Å². The Morgan fingerprint density at radius 2 is 1.94 bits per heavy atom. The Labute approximate surface area is 199 Å². The number of benzene rings is 2. The molecule has 0 bridgehead atoms. The van der Waals surface area contributed by atoms with Gasteiger partial charge in [-0.25, -0.2) is 13.2 Å². The van der Waals surface area contributed by atoms with Crippen LogP contribution in [0.25, 0.3) is 10.4 Å². The molecule has 1 saturated carbocycles. The van der Waals surface area contributed by atoms with E-state index in [0.717, 1.165) is 12.8 Å². The number of sulfonamides is 1. The summed E-state index contributed by atoms with van der Waals surface area (Å²) in [7, 11) is -2.88. The Bertz CT molecular complexity index is 1370. The van der Waals surface area contributed by atoms with Crippen LogP contribution in [0, 0.1) is 11.3 Å². The molecule has 1 N–H and O–H groups in total. The molecule has 1 aliphatic rings. The van der Waals surface area contributed by atoms with E-state index in [1.165, 1.54) is 36.6 Å². The fourth-order valence-corrected chi connectivity index (χ4v) is 6.02. The maximum atomic E-state index is 13.5. The SMILES string of the molecule is COC(=O)c1ccc(C2CC2)c(S(=O)(=O)Nc2cc(C#N)c(Cl)cc2-c2ccc(Cl)s2)c1. The minimum absolute atomic E-state index is 0.00604. The van der Waals surface area contributed by atoms with Gasteiger partial charge in [0.25, 0.3) is 10.0 Å². The molecule has 1 aromatic heterocycles. The summed E-state index contributed by atoms with van der Waals surface area (Å²) in [5.41, 5.74) is 1.58. The minimum Gasteiger partial charge on any atom is -0.465 e. The molecule has 0 saturated heterocycles. The van der Waals surface area contributed by atoms with Gasteiger partial charge in [-0.3, -0.25) is 4.72 Å². The highest BCUT2D eigenvalue weighted by Crippen LogP contribution is 2.44. The molecule has 1 aliphatic carbocycles. The van der Waals surface area contributed by atoms with Gasteiger partial charge >= 0.3 is 5.97 Å². The van der Waals surface area contributed by atoms with Crippen molar-refractivity contribution in [3.8, 4) is 16.5 Å². The molecule has 0 spiro atoms. The number of carbonyl (C=O) groups excluding carboxylic acids is 1. The second-order valence-electron chi connectivity index (χ2n) is 7.22. The van der Waals surface area contributed by atoms with Crippen molar-refractivity contribution in [1.82, 2.24) is 0 Å². The molecule has 0 unspecified atom stereocenters. The second kappa shape index (κ2) is 8.75. The van der Waals surface area contributed by atoms with Gasteiger partial charge < -0.3 is 4.74 Å². The lowest BCUT2D eigenvalue weighted by atomic mass is 10.1. The molecule has 1 fully saturated rings. The molecule has 0 aliphatic heterocycles. The van der Waals surface area contributed by atoms with Gasteiger partial charge in [-0.2, -0.15) is 5.26 Å². The second-order valence-corrected chi connectivity index (χ2v) is 11.0. The highest BCUT2D eigenvalue weighted by molar-refractivity contribution is 7.92. The van der Waals surface area contributed by atoms with Crippen molar-refractivity contribution in [3.05, 3.63) is 68.5 Å². The van der Waals surface area contributed by atoms with E-state index < -0.39 is 16.0 Å². The van der Waals surface area contributed by atoms with Crippen molar-refractivity contribution < 1.29 is 17.9 Å². The summed E-state index contributed by atoms with van der Waals surface area (Å²) in [6.07, 6.45) is 1.75. The van der Waals surface area contributed by atoms with Crippen LogP contribution in [0.3, 0.4) is 0 Å². The lowest BCUT2D eigenvalue weighted by molar-refractivity contribution is 0.0600. The molecule has 0 radical (unpaired) electrons. The van der Waals surface area contributed by atoms with E-state index in [1.54, 1.807) is 24.3 Å². The van der Waals surface area contributed by atoms with Crippen molar-refractivity contribution in [1.29, 1.82) is 5.26 Å². The van der Waals surface area contributed by atoms with Crippen molar-refractivity contribution in [2.45, 2.75) is 23.7 Å². The number of rotatable bonds is 6. The number of nitrogens with zero attached hydrogens (tertiary/aromatic N) is 1. The molecule has 164 valence electrons. The standard InChI is InChI=1S/C22H16Cl2N2O4S2/c1-30-22(27)13-4-5-15(12-2-3-12)20(9-13)32(28,29)26-18-8-14(11-25)17(23)10-16(18)19-6-7-21(24)31-19/h4-10,12,26H,2-3H2,1H3. The summed E-state index contributed by atoms with van der Waals surface area (Å²) < 4.78 is 34.8. The lowest BCUT2D eigenvalue weighted by Gasteiger charge is -2.16. The Balaban J connectivity index is 1.84. The number of thiophene rings is 1. The van der Waals surface area contributed by atoms with Crippen LogP contribution in [0.5, 0.6) is 0 Å². The number of carbonyl (C=O) groups is 1. The molecular formula is C22H16Cl2N2O4S2. The van der Waals surface area contributed by atoms with E-state index in [0.29, 0.717) is 20.3 Å². The number of nitrogens with one attached hydrogen (secondary N) is 1. The van der Waals surface area contributed by atoms with Crippen LogP contribution in [0.4, 0.5) is 5.69 Å². The zero-order valence-electron chi connectivity index (χ0n) is 16.7. The zero-order valence-corrected chi connectivity index (χ0v) is 19.8. The smallest absolute Gasteiger partial charge is 0.337 e. The number of ether oxygens (including phenoxy) is 1. The number of nitriles is 1. The summed E-state index contributed by atoms with van der Waals surface area (Å²) in [4.78, 5) is 12.7. The average molecular weight is 507 g/mol. The third-order valence-electron chi connectivity index (χ3n) is 5.05. The third kappa shape index (κ3) is 4.48. The first-order chi connectivity index (χ1) is 15.2. The van der Waals surface area contributed by atoms with Gasteiger partial charge in [0, 0.05) is 10.4 Å². The molecule has 2 aromatic carbocycles. The average Bonchev–Trinajstić information content (AvgIpc) is 3.53. The van der Waals surface area contributed by atoms with E-state index in [1.807, 2.05) is 6.07 Å². The van der Waals surface area contributed by atoms with Crippen LogP contribution in [0.1, 0.15) is 40.2 Å². The molecule has 6 nitrogen and oxygen atoms in total. The predicted octanol–water partition coefficient (Wildman–Crippen LogP) is 6.06. The summed E-state index contributed by atoms with van der Waals surface area (Å²) in [5.74, 6) is -0.514. The minimum atomic E-state index is -4.11. The zero-order chi connectivity index (χ0) is 23.0. The van der Waals surface area contributed by atoms with Crippen molar-refractivity contribution in [3.63, 3.8) is 0 Å². The van der Waals surface area contributed by atoms with Crippen molar-refractivity contribution in [2.75, 3.05) is 11.8 Å². The van der Waals surface area contributed by atoms with E-state index in [2.05, 4.69) is 4.72 Å². The number of hydrogen-bond donors (Lipinski definition) is 1. The highest BCUT2D eigenvalue weighted by atomic mass is 35.5. The van der Waals surface area contributed by atoms with Crippen LogP contribution in [-0.4, -0.2) is 21.5 Å². The van der Waals surface area contributed by atoms with Gasteiger partial charge in [0.2, 0.25) is 0 Å². The van der Waals surface area contributed by atoms with Gasteiger partial charge in [0.05, 0.1) is 38.2 Å². The van der Waals surface area contributed by atoms with Gasteiger partial charge in [-0.15, -0.1) is 11.3 Å². The Kier molecular flexibility index (Phi) is 6.19. The molecular weight excluding hydrogens is 491 g/mol. The fourth-order valence-electron chi connectivity index (χ4n) is 3.35. The summed E-state index contributed by atoms with van der Waals surface area (Å²) in [5, 5.41) is 9.59. The number of anilines is 1. The monoisotopic (exact) mass is 506 g/mol. The summed E-state index contributed by atoms with van der Waals surface area (Å²) in [6.45, 7) is 0. The maximum Gasteiger partial charge on any atom is 0.337 e. The van der Waals surface area contributed by atoms with Gasteiger partial charge in [-0.05, 0) is 60.7 Å². The first kappa shape index (κ1) is 22.6. The first-order valence-electron chi connectivity index (χ1n) is 9.48. The number of esters is 1. The van der Waals surface area contributed by atoms with Gasteiger partial charge in [-0.1, -0.05) is 29.3 Å². The van der Waals surface area contributed by atoms with E-state index in [4.69, 9.17) is 27.9 Å². The molecule has 32 heavy (non-hydrogen) atoms. The molecule has 4 rings (SSSR count). The van der Waals surface area contributed by atoms with Crippen LogP contribution < -0.4 is 4.72 Å². The number of halogens is 2. The van der Waals surface area contributed by atoms with E-state index in [9.17, 15) is 18.5 Å². The molecule has 1 heterocycles. The van der Waals surface area contributed by atoms with E-state index >= 15 is 0 Å². The van der Waals surface area contributed by atoms with Gasteiger partial charge in [0.1, 0.15) is 6.07 Å². The molecule has 0 atom stereocenters. The number of methoxy groups -OCH3 is 1. The van der Waals surface area contributed by atoms with E-state index in [-0.39, 0.29) is 32.7 Å². The normalized spacial score (nSPS) is 13.4. The predicted molar refractivity (Wildman–Crippen MR) is 125 cm³/mol. The fraction of sp³-hybridized carbons (Fsp3) is 0.182. The topological polar surface area (TPSA) is 96.3 Å². The Morgan fingerprint density at radius 1 is 1.19 bits per heavy atom. The highest BCUT2D eigenvalue weighted by Gasteiger charge is 2.32. The Morgan fingerprint density at radius 3 is 2.53 bits per heavy atom. The first-order valence-corrected chi connectivity index (χ1v) is 12.5. The van der Waals surface area contributed by atoms with Gasteiger partial charge in [0.15, 0.2) is 0 Å². The molecule has 0 amide bonds. The van der Waals surface area contributed by atoms with Crippen LogP contribution in [-0.2, 0) is 14.8 Å². The summed E-state index contributed by atoms with van der Waals surface area (Å²) >= 11 is 13.5.